The first kappa shape index (κ1) is 16.0. The molecule has 0 amide bonds. The smallest absolute Gasteiger partial charge is 0.130 e. The summed E-state index contributed by atoms with van der Waals surface area (Å²) < 4.78 is 0. The second-order valence-electron chi connectivity index (χ2n) is 6.49. The number of halogens is 1. The maximum absolute atomic E-state index is 6.79. The summed E-state index contributed by atoms with van der Waals surface area (Å²) in [6.07, 6.45) is 8.27. The molecule has 0 saturated heterocycles. The van der Waals surface area contributed by atoms with Crippen LogP contribution in [0.3, 0.4) is 0 Å². The first-order valence-electron chi connectivity index (χ1n) is 8.92. The van der Waals surface area contributed by atoms with Gasteiger partial charge in [0.1, 0.15) is 5.16 Å². The van der Waals surface area contributed by atoms with Gasteiger partial charge in [-0.2, -0.15) is 0 Å². The summed E-state index contributed by atoms with van der Waals surface area (Å²) in [5, 5.41) is 4.84. The van der Waals surface area contributed by atoms with E-state index in [-0.39, 0.29) is 0 Å². The highest BCUT2D eigenvalue weighted by Crippen LogP contribution is 2.43. The summed E-state index contributed by atoms with van der Waals surface area (Å²) in [6.45, 7) is 0. The lowest BCUT2D eigenvalue weighted by molar-refractivity contribution is 0.515. The van der Waals surface area contributed by atoms with E-state index in [1.54, 1.807) is 0 Å². The van der Waals surface area contributed by atoms with E-state index in [1.807, 2.05) is 29.3 Å². The number of hydrazine groups is 1. The van der Waals surface area contributed by atoms with E-state index in [9.17, 15) is 0 Å². The molecule has 0 aliphatic carbocycles. The van der Waals surface area contributed by atoms with Crippen molar-refractivity contribution >= 4 is 29.1 Å². The molecule has 130 valence electrons. The van der Waals surface area contributed by atoms with Crippen molar-refractivity contribution in [3.8, 4) is 11.1 Å². The van der Waals surface area contributed by atoms with E-state index in [4.69, 9.17) is 11.6 Å². The van der Waals surface area contributed by atoms with E-state index < -0.39 is 0 Å². The predicted molar refractivity (Wildman–Crippen MR) is 114 cm³/mol. The topological polar surface area (TPSA) is 6.48 Å². The van der Waals surface area contributed by atoms with Crippen LogP contribution in [-0.4, -0.2) is 5.01 Å². The monoisotopic (exact) mass is 368 g/mol. The number of allylic oxidation sites excluding steroid dienone is 2. The van der Waals surface area contributed by atoms with Gasteiger partial charge in [0.2, 0.25) is 0 Å². The Kier molecular flexibility index (Phi) is 3.84. The van der Waals surface area contributed by atoms with Gasteiger partial charge in [-0.3, -0.25) is 5.01 Å². The number of fused-ring (bicyclic) bond motifs is 3. The first-order chi connectivity index (χ1) is 13.3. The third-order valence-electron chi connectivity index (χ3n) is 4.88. The Labute approximate surface area is 163 Å². The number of anilines is 1. The molecule has 2 heterocycles. The molecule has 0 bridgehead atoms. The lowest BCUT2D eigenvalue weighted by atomic mass is 9.96. The summed E-state index contributed by atoms with van der Waals surface area (Å²) in [6, 6.07) is 27.1. The maximum atomic E-state index is 6.79. The molecular formula is C24H17ClN2. The molecule has 3 aromatic carbocycles. The average Bonchev–Trinajstić information content (AvgIpc) is 2.74. The van der Waals surface area contributed by atoms with Crippen LogP contribution in [-0.2, 0) is 0 Å². The van der Waals surface area contributed by atoms with Gasteiger partial charge in [0, 0.05) is 17.3 Å². The standard InChI is InChI=1S/C24H17ClN2/c25-24-17-21-20(18-9-3-1-4-10-18)13-7-14-23(21)26-16-8-15-22(27(24)26)19-11-5-2-6-12-19/h1-17H. The molecule has 2 aliphatic rings. The molecule has 0 unspecified atom stereocenters. The number of hydrogen-bond donors (Lipinski definition) is 0. The number of hydrogen-bond acceptors (Lipinski definition) is 2. The van der Waals surface area contributed by atoms with Crippen LogP contribution < -0.4 is 5.01 Å². The van der Waals surface area contributed by atoms with Crippen molar-refractivity contribution in [2.75, 3.05) is 5.01 Å². The molecule has 2 nitrogen and oxygen atoms in total. The van der Waals surface area contributed by atoms with E-state index in [0.717, 1.165) is 22.5 Å². The molecule has 0 saturated carbocycles. The summed E-state index contributed by atoms with van der Waals surface area (Å²) >= 11 is 6.79. The Morgan fingerprint density at radius 2 is 1.41 bits per heavy atom. The SMILES string of the molecule is ClC1=Cc2c(-c3ccccc3)cccc2N2C=CC=C(c3ccccc3)N12. The Balaban J connectivity index is 1.66. The Bertz CT molecular complexity index is 1080. The van der Waals surface area contributed by atoms with Crippen LogP contribution in [0.2, 0.25) is 0 Å². The minimum absolute atomic E-state index is 0.672. The van der Waals surface area contributed by atoms with Crippen molar-refractivity contribution in [1.29, 1.82) is 0 Å². The third-order valence-corrected chi connectivity index (χ3v) is 5.14. The molecule has 0 N–H and O–H groups in total. The fraction of sp³-hybridized carbons (Fsp3) is 0. The van der Waals surface area contributed by atoms with Crippen LogP contribution in [0, 0.1) is 0 Å². The fourth-order valence-corrected chi connectivity index (χ4v) is 3.94. The molecule has 5 rings (SSSR count). The van der Waals surface area contributed by atoms with Gasteiger partial charge < -0.3 is 0 Å². The van der Waals surface area contributed by atoms with Crippen LogP contribution in [0.15, 0.2) is 102 Å². The van der Waals surface area contributed by atoms with Gasteiger partial charge in [-0.25, -0.2) is 5.01 Å². The van der Waals surface area contributed by atoms with Gasteiger partial charge in [0.25, 0.3) is 0 Å². The maximum Gasteiger partial charge on any atom is 0.130 e. The van der Waals surface area contributed by atoms with Crippen LogP contribution >= 0.6 is 11.6 Å². The zero-order chi connectivity index (χ0) is 18.2. The van der Waals surface area contributed by atoms with Crippen molar-refractivity contribution in [2.45, 2.75) is 0 Å². The summed E-state index contributed by atoms with van der Waals surface area (Å²) in [4.78, 5) is 0. The summed E-state index contributed by atoms with van der Waals surface area (Å²) in [5.41, 5.74) is 6.78. The van der Waals surface area contributed by atoms with Crippen molar-refractivity contribution in [2.24, 2.45) is 0 Å². The molecule has 3 aromatic rings. The molecule has 2 aliphatic heterocycles. The van der Waals surface area contributed by atoms with Crippen molar-refractivity contribution < 1.29 is 0 Å². The van der Waals surface area contributed by atoms with Crippen molar-refractivity contribution in [3.63, 3.8) is 0 Å². The quantitative estimate of drug-likeness (QED) is 0.476. The Morgan fingerprint density at radius 1 is 0.704 bits per heavy atom. The highest BCUT2D eigenvalue weighted by atomic mass is 35.5. The fourth-order valence-electron chi connectivity index (χ4n) is 3.66. The van der Waals surface area contributed by atoms with E-state index in [2.05, 4.69) is 84.0 Å². The van der Waals surface area contributed by atoms with Crippen LogP contribution in [0.5, 0.6) is 0 Å². The minimum Gasteiger partial charge on any atom is -0.255 e. The van der Waals surface area contributed by atoms with Gasteiger partial charge in [-0.1, -0.05) is 84.4 Å². The van der Waals surface area contributed by atoms with E-state index in [1.165, 1.54) is 11.1 Å². The molecule has 0 radical (unpaired) electrons. The van der Waals surface area contributed by atoms with Gasteiger partial charge in [-0.05, 0) is 35.4 Å². The van der Waals surface area contributed by atoms with Crippen LogP contribution in [0.25, 0.3) is 22.9 Å². The number of nitrogens with zero attached hydrogens (tertiary/aromatic N) is 2. The molecule has 27 heavy (non-hydrogen) atoms. The molecular weight excluding hydrogens is 352 g/mol. The lowest BCUT2D eigenvalue weighted by Crippen LogP contribution is -2.39. The minimum atomic E-state index is 0.672. The normalized spacial score (nSPS) is 15.0. The van der Waals surface area contributed by atoms with Gasteiger partial charge >= 0.3 is 0 Å². The molecule has 0 spiro atoms. The van der Waals surface area contributed by atoms with Crippen LogP contribution in [0.4, 0.5) is 5.69 Å². The Hall–Kier alpha value is -3.23. The van der Waals surface area contributed by atoms with Crippen LogP contribution in [0.1, 0.15) is 11.1 Å². The zero-order valence-corrected chi connectivity index (χ0v) is 15.3. The van der Waals surface area contributed by atoms with Gasteiger partial charge in [0.15, 0.2) is 0 Å². The summed E-state index contributed by atoms with van der Waals surface area (Å²) in [7, 11) is 0. The van der Waals surface area contributed by atoms with Crippen molar-refractivity contribution in [3.05, 3.63) is 113 Å². The molecule has 0 aromatic heterocycles. The largest absolute Gasteiger partial charge is 0.255 e. The van der Waals surface area contributed by atoms with Crippen molar-refractivity contribution in [1.82, 2.24) is 5.01 Å². The predicted octanol–water partition coefficient (Wildman–Crippen LogP) is 6.50. The first-order valence-corrected chi connectivity index (χ1v) is 9.29. The second-order valence-corrected chi connectivity index (χ2v) is 6.87. The summed E-state index contributed by atoms with van der Waals surface area (Å²) in [5.74, 6) is 0. The highest BCUT2D eigenvalue weighted by molar-refractivity contribution is 6.32. The van der Waals surface area contributed by atoms with E-state index in [0.29, 0.717) is 5.16 Å². The average molecular weight is 369 g/mol. The second kappa shape index (κ2) is 6.49. The zero-order valence-electron chi connectivity index (χ0n) is 14.6. The number of rotatable bonds is 2. The third kappa shape index (κ3) is 2.66. The molecule has 0 fully saturated rings. The van der Waals surface area contributed by atoms with Gasteiger partial charge in [-0.15, -0.1) is 0 Å². The number of benzene rings is 3. The van der Waals surface area contributed by atoms with Gasteiger partial charge in [0.05, 0.1) is 11.4 Å². The van der Waals surface area contributed by atoms with E-state index >= 15 is 0 Å². The molecule has 3 heteroatoms. The Morgan fingerprint density at radius 3 is 2.15 bits per heavy atom. The molecule has 0 atom stereocenters. The lowest BCUT2D eigenvalue weighted by Gasteiger charge is -2.42. The highest BCUT2D eigenvalue weighted by Gasteiger charge is 2.29.